The first-order chi connectivity index (χ1) is 14.9. The second-order valence-electron chi connectivity index (χ2n) is 7.05. The Morgan fingerprint density at radius 1 is 0.903 bits per heavy atom. The van der Waals surface area contributed by atoms with E-state index in [-0.39, 0.29) is 5.58 Å². The van der Waals surface area contributed by atoms with E-state index < -0.39 is 22.8 Å². The number of benzene rings is 2. The van der Waals surface area contributed by atoms with E-state index in [9.17, 15) is 19.8 Å². The SMILES string of the molecule is CCN(CC)c1ccc2cc(/C=C/c3cc(=O)oc4c(O)c(O)ccc34)c(=O)oc2c1. The summed E-state index contributed by atoms with van der Waals surface area (Å²) in [5.41, 5.74) is 0.898. The molecular weight excluding hydrogens is 398 g/mol. The van der Waals surface area contributed by atoms with Gasteiger partial charge in [0, 0.05) is 41.7 Å². The van der Waals surface area contributed by atoms with E-state index in [0.29, 0.717) is 22.1 Å². The number of hydrogen-bond acceptors (Lipinski definition) is 7. The van der Waals surface area contributed by atoms with Crippen LogP contribution in [0.3, 0.4) is 0 Å². The van der Waals surface area contributed by atoms with Gasteiger partial charge in [-0.15, -0.1) is 0 Å². The van der Waals surface area contributed by atoms with E-state index in [4.69, 9.17) is 8.83 Å². The lowest BCUT2D eigenvalue weighted by Gasteiger charge is -2.20. The van der Waals surface area contributed by atoms with Crippen molar-refractivity contribution in [1.82, 2.24) is 0 Å². The van der Waals surface area contributed by atoms with Gasteiger partial charge in [-0.1, -0.05) is 6.08 Å². The molecule has 0 amide bonds. The fraction of sp³-hybridized carbons (Fsp3) is 0.167. The number of rotatable bonds is 5. The maximum absolute atomic E-state index is 12.5. The van der Waals surface area contributed by atoms with Gasteiger partial charge in [0.1, 0.15) is 5.58 Å². The van der Waals surface area contributed by atoms with Gasteiger partial charge in [0.2, 0.25) is 5.75 Å². The van der Waals surface area contributed by atoms with Crippen molar-refractivity contribution in [2.24, 2.45) is 0 Å². The molecule has 0 radical (unpaired) electrons. The van der Waals surface area contributed by atoms with Crippen molar-refractivity contribution < 1.29 is 19.0 Å². The molecule has 0 unspecified atom stereocenters. The maximum atomic E-state index is 12.5. The number of phenols is 2. The molecule has 4 aromatic rings. The third-order valence-corrected chi connectivity index (χ3v) is 5.21. The van der Waals surface area contributed by atoms with Crippen molar-refractivity contribution in [3.63, 3.8) is 0 Å². The van der Waals surface area contributed by atoms with E-state index in [0.717, 1.165) is 24.2 Å². The highest BCUT2D eigenvalue weighted by Gasteiger charge is 2.12. The first-order valence-electron chi connectivity index (χ1n) is 9.91. The van der Waals surface area contributed by atoms with E-state index in [2.05, 4.69) is 18.7 Å². The van der Waals surface area contributed by atoms with Crippen molar-refractivity contribution in [1.29, 1.82) is 0 Å². The van der Waals surface area contributed by atoms with Crippen LogP contribution in [-0.4, -0.2) is 23.3 Å². The van der Waals surface area contributed by atoms with Crippen LogP contribution in [0, 0.1) is 0 Å². The van der Waals surface area contributed by atoms with Crippen LogP contribution in [0.1, 0.15) is 25.0 Å². The minimum absolute atomic E-state index is 0.123. The number of phenolic OH excluding ortho intramolecular Hbond substituents is 2. The van der Waals surface area contributed by atoms with Crippen LogP contribution in [0.25, 0.3) is 34.1 Å². The van der Waals surface area contributed by atoms with Crippen molar-refractivity contribution >= 4 is 39.8 Å². The summed E-state index contributed by atoms with van der Waals surface area (Å²) in [7, 11) is 0. The molecule has 7 heteroatoms. The molecule has 0 atom stereocenters. The fourth-order valence-electron chi connectivity index (χ4n) is 3.56. The fourth-order valence-corrected chi connectivity index (χ4v) is 3.56. The minimum atomic E-state index is -0.692. The normalized spacial score (nSPS) is 11.5. The molecule has 2 aromatic heterocycles. The molecule has 0 saturated heterocycles. The number of nitrogens with zero attached hydrogens (tertiary/aromatic N) is 1. The van der Waals surface area contributed by atoms with E-state index in [1.807, 2.05) is 18.2 Å². The van der Waals surface area contributed by atoms with Gasteiger partial charge < -0.3 is 23.9 Å². The highest BCUT2D eigenvalue weighted by Crippen LogP contribution is 2.34. The van der Waals surface area contributed by atoms with Crippen molar-refractivity contribution in [2.75, 3.05) is 18.0 Å². The summed E-state index contributed by atoms with van der Waals surface area (Å²) in [5.74, 6) is -0.907. The summed E-state index contributed by atoms with van der Waals surface area (Å²) in [5, 5.41) is 20.8. The maximum Gasteiger partial charge on any atom is 0.343 e. The Hall–Kier alpha value is -4.00. The predicted molar refractivity (Wildman–Crippen MR) is 121 cm³/mol. The zero-order valence-electron chi connectivity index (χ0n) is 17.1. The number of aromatic hydroxyl groups is 2. The second kappa shape index (κ2) is 8.02. The summed E-state index contributed by atoms with van der Waals surface area (Å²) in [6.45, 7) is 5.82. The van der Waals surface area contributed by atoms with Gasteiger partial charge in [0.15, 0.2) is 11.3 Å². The molecule has 0 aliphatic carbocycles. The van der Waals surface area contributed by atoms with Crippen LogP contribution in [0.5, 0.6) is 11.5 Å². The zero-order valence-corrected chi connectivity index (χ0v) is 17.1. The molecule has 4 rings (SSSR count). The van der Waals surface area contributed by atoms with Crippen molar-refractivity contribution in [3.05, 3.63) is 74.4 Å². The third-order valence-electron chi connectivity index (χ3n) is 5.21. The second-order valence-corrected chi connectivity index (χ2v) is 7.05. The van der Waals surface area contributed by atoms with Gasteiger partial charge in [-0.25, -0.2) is 9.59 Å². The Morgan fingerprint density at radius 3 is 2.39 bits per heavy atom. The molecule has 0 aliphatic rings. The lowest BCUT2D eigenvalue weighted by molar-refractivity contribution is 0.397. The van der Waals surface area contributed by atoms with Crippen LogP contribution in [0.4, 0.5) is 5.69 Å². The van der Waals surface area contributed by atoms with E-state index in [1.54, 1.807) is 18.2 Å². The highest BCUT2D eigenvalue weighted by atomic mass is 16.4. The predicted octanol–water partition coefficient (Wildman–Crippen LogP) is 4.33. The Morgan fingerprint density at radius 2 is 1.65 bits per heavy atom. The third kappa shape index (κ3) is 3.77. The Bertz CT molecular complexity index is 1430. The van der Waals surface area contributed by atoms with Gasteiger partial charge in [0.25, 0.3) is 0 Å². The number of fused-ring (bicyclic) bond motifs is 2. The standard InChI is InChI=1S/C24H21NO6/c1-3-25(4-2)17-8-7-15-11-16(24(29)30-20(15)13-17)6-5-14-12-21(27)31-23-18(14)9-10-19(26)22(23)28/h5-13,26,28H,3-4H2,1-2H3/b6-5+. The van der Waals surface area contributed by atoms with Crippen LogP contribution >= 0.6 is 0 Å². The number of hydrogen-bond donors (Lipinski definition) is 2. The Balaban J connectivity index is 1.78. The molecule has 0 aliphatic heterocycles. The average Bonchev–Trinajstić information content (AvgIpc) is 2.75. The van der Waals surface area contributed by atoms with Gasteiger partial charge >= 0.3 is 11.3 Å². The van der Waals surface area contributed by atoms with Crippen LogP contribution in [0.2, 0.25) is 0 Å². The molecule has 2 heterocycles. The molecule has 0 fully saturated rings. The van der Waals surface area contributed by atoms with Crippen molar-refractivity contribution in [2.45, 2.75) is 13.8 Å². The summed E-state index contributed by atoms with van der Waals surface area (Å²) >= 11 is 0. The molecule has 2 N–H and O–H groups in total. The van der Waals surface area contributed by atoms with Crippen LogP contribution in [0.15, 0.2) is 60.9 Å². The summed E-state index contributed by atoms with van der Waals surface area (Å²) < 4.78 is 10.5. The first-order valence-corrected chi connectivity index (χ1v) is 9.91. The number of anilines is 1. The highest BCUT2D eigenvalue weighted by molar-refractivity contribution is 5.94. The average molecular weight is 419 g/mol. The molecule has 31 heavy (non-hydrogen) atoms. The largest absolute Gasteiger partial charge is 0.504 e. The van der Waals surface area contributed by atoms with E-state index in [1.165, 1.54) is 18.2 Å². The van der Waals surface area contributed by atoms with Crippen LogP contribution in [-0.2, 0) is 0 Å². The monoisotopic (exact) mass is 419 g/mol. The minimum Gasteiger partial charge on any atom is -0.504 e. The Kier molecular flexibility index (Phi) is 5.25. The summed E-state index contributed by atoms with van der Waals surface area (Å²) in [6.07, 6.45) is 3.11. The van der Waals surface area contributed by atoms with E-state index >= 15 is 0 Å². The molecule has 0 saturated carbocycles. The molecule has 0 bridgehead atoms. The molecular formula is C24H21NO6. The quantitative estimate of drug-likeness (QED) is 0.366. The first kappa shape index (κ1) is 20.3. The zero-order chi connectivity index (χ0) is 22.1. The van der Waals surface area contributed by atoms with Gasteiger partial charge in [0.05, 0.1) is 5.56 Å². The van der Waals surface area contributed by atoms with Crippen LogP contribution < -0.4 is 16.2 Å². The molecule has 158 valence electrons. The summed E-state index contributed by atoms with van der Waals surface area (Å²) in [6, 6.07) is 11.5. The topological polar surface area (TPSA) is 104 Å². The Labute approximate surface area is 177 Å². The van der Waals surface area contributed by atoms with Gasteiger partial charge in [-0.3, -0.25) is 0 Å². The smallest absolute Gasteiger partial charge is 0.343 e. The summed E-state index contributed by atoms with van der Waals surface area (Å²) in [4.78, 5) is 26.6. The molecule has 2 aromatic carbocycles. The lowest BCUT2D eigenvalue weighted by Crippen LogP contribution is -2.21. The van der Waals surface area contributed by atoms with Gasteiger partial charge in [-0.2, -0.15) is 0 Å². The molecule has 7 nitrogen and oxygen atoms in total. The van der Waals surface area contributed by atoms with Crippen molar-refractivity contribution in [3.8, 4) is 11.5 Å². The lowest BCUT2D eigenvalue weighted by atomic mass is 10.1. The molecule has 0 spiro atoms. The van der Waals surface area contributed by atoms with Gasteiger partial charge in [-0.05, 0) is 55.8 Å².